The van der Waals surface area contributed by atoms with Gasteiger partial charge in [0, 0.05) is 11.8 Å². The maximum atomic E-state index is 12.6. The Morgan fingerprint density at radius 3 is 2.93 bits per heavy atom. The third-order valence-corrected chi connectivity index (χ3v) is 5.21. The summed E-state index contributed by atoms with van der Waals surface area (Å²) in [7, 11) is 1.61. The van der Waals surface area contributed by atoms with E-state index in [0.717, 1.165) is 5.69 Å². The van der Waals surface area contributed by atoms with Crippen molar-refractivity contribution in [1.29, 1.82) is 0 Å². The predicted molar refractivity (Wildman–Crippen MR) is 104 cm³/mol. The first kappa shape index (κ1) is 18.2. The van der Waals surface area contributed by atoms with Crippen molar-refractivity contribution in [3.05, 3.63) is 48.8 Å². The van der Waals surface area contributed by atoms with E-state index in [0.29, 0.717) is 28.1 Å². The number of ether oxygens (including phenoxy) is 3. The van der Waals surface area contributed by atoms with Crippen LogP contribution in [0.2, 0.25) is 0 Å². The molecule has 1 amide bonds. The first-order valence-corrected chi connectivity index (χ1v) is 9.44. The summed E-state index contributed by atoms with van der Waals surface area (Å²) >= 11 is 1.31. The minimum absolute atomic E-state index is 0.154. The quantitative estimate of drug-likeness (QED) is 0.638. The highest BCUT2D eigenvalue weighted by Gasteiger charge is 2.21. The fraction of sp³-hybridized carbons (Fsp3) is 0.211. The number of carbonyl (C=O) groups excluding carboxylic acids is 1. The van der Waals surface area contributed by atoms with Crippen LogP contribution in [0.15, 0.2) is 53.9 Å². The minimum Gasteiger partial charge on any atom is -0.495 e. The minimum atomic E-state index is -0.400. The van der Waals surface area contributed by atoms with Crippen LogP contribution in [0.5, 0.6) is 17.2 Å². The lowest BCUT2D eigenvalue weighted by atomic mass is 10.2. The monoisotopic (exact) mass is 398 g/mol. The van der Waals surface area contributed by atoms with E-state index in [1.807, 2.05) is 31.2 Å². The van der Waals surface area contributed by atoms with Gasteiger partial charge in [0.2, 0.25) is 12.7 Å². The summed E-state index contributed by atoms with van der Waals surface area (Å²) in [5, 5.41) is 11.2. The second-order valence-electron chi connectivity index (χ2n) is 5.97. The number of nitrogens with zero attached hydrogens (tertiary/aromatic N) is 3. The van der Waals surface area contributed by atoms with Crippen LogP contribution in [-0.4, -0.2) is 39.8 Å². The van der Waals surface area contributed by atoms with Gasteiger partial charge < -0.3 is 19.5 Å². The highest BCUT2D eigenvalue weighted by atomic mass is 32.2. The van der Waals surface area contributed by atoms with E-state index in [4.69, 9.17) is 14.2 Å². The first-order chi connectivity index (χ1) is 13.7. The second kappa shape index (κ2) is 7.81. The fourth-order valence-corrected chi connectivity index (χ4v) is 3.56. The van der Waals surface area contributed by atoms with Gasteiger partial charge in [0.1, 0.15) is 12.1 Å². The number of carbonyl (C=O) groups is 1. The molecule has 144 valence electrons. The molecule has 1 N–H and O–H groups in total. The van der Waals surface area contributed by atoms with Crippen LogP contribution in [0.25, 0.3) is 5.69 Å². The zero-order chi connectivity index (χ0) is 19.5. The van der Waals surface area contributed by atoms with Crippen molar-refractivity contribution in [1.82, 2.24) is 14.8 Å². The Kier molecular flexibility index (Phi) is 5.07. The topological polar surface area (TPSA) is 87.5 Å². The van der Waals surface area contributed by atoms with Gasteiger partial charge in [0.05, 0.1) is 18.0 Å². The van der Waals surface area contributed by atoms with Gasteiger partial charge in [-0.3, -0.25) is 9.36 Å². The average molecular weight is 398 g/mol. The Balaban J connectivity index is 1.48. The Bertz CT molecular complexity index is 1010. The number of benzene rings is 2. The number of amides is 1. The lowest BCUT2D eigenvalue weighted by molar-refractivity contribution is -0.115. The molecule has 0 saturated heterocycles. The van der Waals surface area contributed by atoms with Crippen LogP contribution < -0.4 is 19.5 Å². The van der Waals surface area contributed by atoms with E-state index < -0.39 is 5.25 Å². The zero-order valence-electron chi connectivity index (χ0n) is 15.3. The van der Waals surface area contributed by atoms with Crippen LogP contribution in [0, 0.1) is 0 Å². The molecular weight excluding hydrogens is 380 g/mol. The summed E-state index contributed by atoms with van der Waals surface area (Å²) in [6.07, 6.45) is 1.60. The number of aromatic nitrogens is 3. The second-order valence-corrected chi connectivity index (χ2v) is 7.28. The van der Waals surface area contributed by atoms with Crippen LogP contribution in [0.1, 0.15) is 6.92 Å². The van der Waals surface area contributed by atoms with Gasteiger partial charge in [-0.1, -0.05) is 23.9 Å². The number of methoxy groups -OCH3 is 1. The molecule has 0 aliphatic carbocycles. The Hall–Kier alpha value is -3.20. The highest BCUT2D eigenvalue weighted by Crippen LogP contribution is 2.34. The first-order valence-electron chi connectivity index (χ1n) is 8.56. The molecule has 2 aromatic carbocycles. The summed E-state index contributed by atoms with van der Waals surface area (Å²) in [6, 6.07) is 12.9. The molecular formula is C19H18N4O4S. The third kappa shape index (κ3) is 3.61. The molecule has 1 aromatic heterocycles. The molecule has 0 spiro atoms. The molecule has 0 fully saturated rings. The zero-order valence-corrected chi connectivity index (χ0v) is 16.1. The molecule has 1 atom stereocenters. The third-order valence-electron chi connectivity index (χ3n) is 4.15. The Morgan fingerprint density at radius 1 is 1.25 bits per heavy atom. The number of thioether (sulfide) groups is 1. The molecule has 1 aliphatic rings. The van der Waals surface area contributed by atoms with Crippen LogP contribution in [-0.2, 0) is 4.79 Å². The van der Waals surface area contributed by atoms with Gasteiger partial charge in [-0.05, 0) is 31.2 Å². The van der Waals surface area contributed by atoms with E-state index in [1.165, 1.54) is 11.8 Å². The summed E-state index contributed by atoms with van der Waals surface area (Å²) in [5.74, 6) is 1.83. The van der Waals surface area contributed by atoms with Gasteiger partial charge in [0.25, 0.3) is 0 Å². The van der Waals surface area contributed by atoms with Gasteiger partial charge in [-0.25, -0.2) is 0 Å². The predicted octanol–water partition coefficient (Wildman–Crippen LogP) is 3.12. The smallest absolute Gasteiger partial charge is 0.237 e. The molecule has 2 heterocycles. The molecule has 1 unspecified atom stereocenters. The number of para-hydroxylation sites is 2. The number of nitrogens with one attached hydrogen (secondary N) is 1. The summed E-state index contributed by atoms with van der Waals surface area (Å²) in [5.41, 5.74) is 1.45. The van der Waals surface area contributed by atoms with Crippen LogP contribution in [0.3, 0.4) is 0 Å². The van der Waals surface area contributed by atoms with Crippen molar-refractivity contribution in [2.24, 2.45) is 0 Å². The van der Waals surface area contributed by atoms with E-state index in [-0.39, 0.29) is 12.7 Å². The maximum absolute atomic E-state index is 12.6. The lowest BCUT2D eigenvalue weighted by Crippen LogP contribution is -2.22. The molecule has 28 heavy (non-hydrogen) atoms. The normalized spacial score (nSPS) is 13.2. The average Bonchev–Trinajstić information content (AvgIpc) is 3.36. The summed E-state index contributed by atoms with van der Waals surface area (Å²) in [4.78, 5) is 12.6. The Labute approximate surface area is 165 Å². The summed E-state index contributed by atoms with van der Waals surface area (Å²) in [6.45, 7) is 2.01. The van der Waals surface area contributed by atoms with Gasteiger partial charge >= 0.3 is 0 Å². The van der Waals surface area contributed by atoms with Gasteiger partial charge in [-0.15, -0.1) is 10.2 Å². The molecule has 8 nitrogen and oxygen atoms in total. The molecule has 0 radical (unpaired) electrons. The lowest BCUT2D eigenvalue weighted by Gasteiger charge is -2.14. The molecule has 0 bridgehead atoms. The molecule has 4 rings (SSSR count). The van der Waals surface area contributed by atoms with E-state index in [2.05, 4.69) is 15.5 Å². The molecule has 0 saturated carbocycles. The van der Waals surface area contributed by atoms with E-state index >= 15 is 0 Å². The molecule has 3 aromatic rings. The number of hydrogen-bond donors (Lipinski definition) is 1. The molecule has 1 aliphatic heterocycles. The van der Waals surface area contributed by atoms with E-state index in [9.17, 15) is 4.79 Å². The number of rotatable bonds is 6. The highest BCUT2D eigenvalue weighted by molar-refractivity contribution is 8.00. The Morgan fingerprint density at radius 2 is 2.07 bits per heavy atom. The van der Waals surface area contributed by atoms with Gasteiger partial charge in [0.15, 0.2) is 16.7 Å². The van der Waals surface area contributed by atoms with Crippen LogP contribution >= 0.6 is 11.8 Å². The van der Waals surface area contributed by atoms with Gasteiger partial charge in [-0.2, -0.15) is 0 Å². The molecule has 9 heteroatoms. The van der Waals surface area contributed by atoms with E-state index in [1.54, 1.807) is 36.2 Å². The maximum Gasteiger partial charge on any atom is 0.237 e. The standard InChI is InChI=1S/C19H18N4O4S/c1-12(18(24)21-13-7-8-16-17(9-13)27-11-26-16)28-19-22-20-10-23(19)14-5-3-4-6-15(14)25-2/h3-10,12H,11H2,1-2H3,(H,21,24). The SMILES string of the molecule is COc1ccccc1-n1cnnc1SC(C)C(=O)Nc1ccc2c(c1)OCO2. The number of fused-ring (bicyclic) bond motifs is 1. The van der Waals surface area contributed by atoms with Crippen molar-refractivity contribution >= 4 is 23.4 Å². The van der Waals surface area contributed by atoms with Crippen LogP contribution in [0.4, 0.5) is 5.69 Å². The largest absolute Gasteiger partial charge is 0.495 e. The van der Waals surface area contributed by atoms with Crippen molar-refractivity contribution in [3.8, 4) is 22.9 Å². The van der Waals surface area contributed by atoms with Crippen molar-refractivity contribution in [2.45, 2.75) is 17.3 Å². The fourth-order valence-electron chi connectivity index (χ4n) is 2.73. The van der Waals surface area contributed by atoms with Crippen molar-refractivity contribution in [2.75, 3.05) is 19.2 Å². The van der Waals surface area contributed by atoms with Crippen molar-refractivity contribution in [3.63, 3.8) is 0 Å². The van der Waals surface area contributed by atoms with Crippen molar-refractivity contribution < 1.29 is 19.0 Å². The number of anilines is 1. The summed E-state index contributed by atoms with van der Waals surface area (Å²) < 4.78 is 17.8. The number of hydrogen-bond acceptors (Lipinski definition) is 7.